The molecule has 0 aromatic heterocycles. The molecule has 0 aliphatic rings. The van der Waals surface area contributed by atoms with Gasteiger partial charge in [0.25, 0.3) is 0 Å². The fraction of sp³-hybridized carbons (Fsp3) is 0.667. The van der Waals surface area contributed by atoms with Crippen molar-refractivity contribution in [2.75, 3.05) is 0 Å². The summed E-state index contributed by atoms with van der Waals surface area (Å²) in [6.45, 7) is 12.4. The Balaban J connectivity index is 4.48. The Morgan fingerprint density at radius 3 is 2.12 bits per heavy atom. The van der Waals surface area contributed by atoms with E-state index in [1.165, 1.54) is 6.08 Å². The average Bonchev–Trinajstić information content (AvgIpc) is 2.09. The van der Waals surface area contributed by atoms with Crippen LogP contribution in [0.5, 0.6) is 0 Å². The first-order valence-corrected chi connectivity index (χ1v) is 5.33. The molecule has 0 bridgehead atoms. The van der Waals surface area contributed by atoms with E-state index in [4.69, 9.17) is 4.74 Å². The van der Waals surface area contributed by atoms with Crippen LogP contribution in [0.3, 0.4) is 0 Å². The summed E-state index contributed by atoms with van der Waals surface area (Å²) in [5, 5.41) is 2.54. The van der Waals surface area contributed by atoms with Crippen molar-refractivity contribution in [1.29, 1.82) is 0 Å². The van der Waals surface area contributed by atoms with Gasteiger partial charge in [-0.05, 0) is 32.8 Å². The van der Waals surface area contributed by atoms with Gasteiger partial charge in [-0.25, -0.2) is 4.79 Å². The minimum absolute atomic E-state index is 0.00183. The van der Waals surface area contributed by atoms with Crippen molar-refractivity contribution in [3.8, 4) is 0 Å². The van der Waals surface area contributed by atoms with Gasteiger partial charge in [0.15, 0.2) is 5.78 Å². The Morgan fingerprint density at radius 2 is 1.81 bits per heavy atom. The molecule has 0 rings (SSSR count). The zero-order valence-corrected chi connectivity index (χ0v) is 10.7. The summed E-state index contributed by atoms with van der Waals surface area (Å²) in [6.07, 6.45) is 0.628. The molecule has 4 heteroatoms. The molecule has 0 aromatic carbocycles. The number of amides is 1. The maximum atomic E-state index is 11.5. The monoisotopic (exact) mass is 227 g/mol. The molecular weight excluding hydrogens is 206 g/mol. The second kappa shape index (κ2) is 5.68. The van der Waals surface area contributed by atoms with Gasteiger partial charge < -0.3 is 10.1 Å². The fourth-order valence-corrected chi connectivity index (χ4v) is 1.13. The molecule has 0 fully saturated rings. The van der Waals surface area contributed by atoms with Crippen molar-refractivity contribution in [2.24, 2.45) is 5.92 Å². The average molecular weight is 227 g/mol. The summed E-state index contributed by atoms with van der Waals surface area (Å²) in [5.74, 6) is -0.209. The van der Waals surface area contributed by atoms with Gasteiger partial charge in [0.2, 0.25) is 0 Å². The minimum atomic E-state index is -0.582. The third-order valence-electron chi connectivity index (χ3n) is 1.85. The molecule has 0 heterocycles. The lowest BCUT2D eigenvalue weighted by Gasteiger charge is -2.24. The number of alkyl carbamates (subject to hydrolysis) is 1. The topological polar surface area (TPSA) is 55.4 Å². The van der Waals surface area contributed by atoms with Gasteiger partial charge in [-0.2, -0.15) is 0 Å². The fourth-order valence-electron chi connectivity index (χ4n) is 1.13. The molecule has 1 amide bonds. The van der Waals surface area contributed by atoms with Gasteiger partial charge in [-0.15, -0.1) is 0 Å². The molecule has 0 spiro atoms. The van der Waals surface area contributed by atoms with Crippen LogP contribution in [0, 0.1) is 5.92 Å². The number of ketones is 1. The predicted octanol–water partition coefficient (Wildman–Crippen LogP) is 2.29. The standard InChI is InChI=1S/C12H21NO3/c1-7-9(14)10(8(2)3)13-11(15)16-12(4,5)6/h7-8,10H,1H2,2-6H3,(H,13,15). The normalized spacial score (nSPS) is 13.1. The van der Waals surface area contributed by atoms with Crippen LogP contribution in [0.2, 0.25) is 0 Å². The molecule has 0 radical (unpaired) electrons. The van der Waals surface area contributed by atoms with E-state index in [1.54, 1.807) is 20.8 Å². The summed E-state index contributed by atoms with van der Waals surface area (Å²) in [6, 6.07) is -0.577. The van der Waals surface area contributed by atoms with Crippen molar-refractivity contribution in [3.63, 3.8) is 0 Å². The van der Waals surface area contributed by atoms with Gasteiger partial charge in [0, 0.05) is 0 Å². The largest absolute Gasteiger partial charge is 0.444 e. The van der Waals surface area contributed by atoms with E-state index in [0.717, 1.165) is 0 Å². The molecule has 4 nitrogen and oxygen atoms in total. The third-order valence-corrected chi connectivity index (χ3v) is 1.85. The van der Waals surface area contributed by atoms with Crippen molar-refractivity contribution in [2.45, 2.75) is 46.3 Å². The van der Waals surface area contributed by atoms with Crippen LogP contribution in [-0.2, 0) is 9.53 Å². The lowest BCUT2D eigenvalue weighted by atomic mass is 10.0. The zero-order valence-electron chi connectivity index (χ0n) is 10.7. The smallest absolute Gasteiger partial charge is 0.408 e. The molecule has 16 heavy (non-hydrogen) atoms. The first kappa shape index (κ1) is 14.7. The second-order valence-corrected chi connectivity index (χ2v) is 4.97. The number of hydrogen-bond acceptors (Lipinski definition) is 3. The SMILES string of the molecule is C=CC(=O)C(NC(=O)OC(C)(C)C)C(C)C. The molecule has 0 aromatic rings. The first-order chi connectivity index (χ1) is 7.17. The van der Waals surface area contributed by atoms with Gasteiger partial charge in [-0.1, -0.05) is 20.4 Å². The van der Waals surface area contributed by atoms with Gasteiger partial charge in [0.1, 0.15) is 5.60 Å². The van der Waals surface area contributed by atoms with E-state index in [2.05, 4.69) is 11.9 Å². The first-order valence-electron chi connectivity index (χ1n) is 5.33. The third kappa shape index (κ3) is 5.53. The number of hydrogen-bond donors (Lipinski definition) is 1. The molecule has 0 saturated heterocycles. The summed E-state index contributed by atoms with van der Waals surface area (Å²) >= 11 is 0. The molecule has 0 saturated carbocycles. The molecule has 1 N–H and O–H groups in total. The van der Waals surface area contributed by atoms with Crippen molar-refractivity contribution >= 4 is 11.9 Å². The van der Waals surface area contributed by atoms with E-state index in [0.29, 0.717) is 0 Å². The minimum Gasteiger partial charge on any atom is -0.444 e. The molecule has 0 aliphatic carbocycles. The van der Waals surface area contributed by atoms with E-state index in [9.17, 15) is 9.59 Å². The Labute approximate surface area is 97.1 Å². The van der Waals surface area contributed by atoms with E-state index < -0.39 is 17.7 Å². The molecular formula is C12H21NO3. The van der Waals surface area contributed by atoms with Crippen molar-refractivity contribution in [3.05, 3.63) is 12.7 Å². The highest BCUT2D eigenvalue weighted by atomic mass is 16.6. The van der Waals surface area contributed by atoms with E-state index in [-0.39, 0.29) is 11.7 Å². The highest BCUT2D eigenvalue weighted by Crippen LogP contribution is 2.09. The van der Waals surface area contributed by atoms with Crippen LogP contribution in [0.4, 0.5) is 4.79 Å². The Hall–Kier alpha value is -1.32. The summed E-state index contributed by atoms with van der Waals surface area (Å²) in [7, 11) is 0. The van der Waals surface area contributed by atoms with E-state index >= 15 is 0 Å². The Kier molecular flexibility index (Phi) is 5.21. The number of carbonyl (C=O) groups is 2. The lowest BCUT2D eigenvalue weighted by molar-refractivity contribution is -0.117. The summed E-state index contributed by atoms with van der Waals surface area (Å²) in [5.41, 5.74) is -0.567. The highest BCUT2D eigenvalue weighted by molar-refractivity contribution is 5.95. The molecule has 1 atom stereocenters. The van der Waals surface area contributed by atoms with Gasteiger partial charge >= 0.3 is 6.09 Å². The highest BCUT2D eigenvalue weighted by Gasteiger charge is 2.24. The molecule has 1 unspecified atom stereocenters. The van der Waals surface area contributed by atoms with Crippen LogP contribution in [0.25, 0.3) is 0 Å². The lowest BCUT2D eigenvalue weighted by Crippen LogP contribution is -2.45. The Bertz CT molecular complexity index is 276. The number of rotatable bonds is 4. The van der Waals surface area contributed by atoms with E-state index in [1.807, 2.05) is 13.8 Å². The molecule has 92 valence electrons. The Morgan fingerprint density at radius 1 is 1.31 bits per heavy atom. The van der Waals surface area contributed by atoms with Crippen LogP contribution < -0.4 is 5.32 Å². The maximum absolute atomic E-state index is 11.5. The van der Waals surface area contributed by atoms with Crippen LogP contribution >= 0.6 is 0 Å². The van der Waals surface area contributed by atoms with Gasteiger partial charge in [0.05, 0.1) is 6.04 Å². The maximum Gasteiger partial charge on any atom is 0.408 e. The quantitative estimate of drug-likeness (QED) is 0.750. The van der Waals surface area contributed by atoms with Crippen LogP contribution in [0.15, 0.2) is 12.7 Å². The predicted molar refractivity (Wildman–Crippen MR) is 63.2 cm³/mol. The zero-order chi connectivity index (χ0) is 12.9. The summed E-state index contributed by atoms with van der Waals surface area (Å²) in [4.78, 5) is 22.9. The second-order valence-electron chi connectivity index (χ2n) is 4.97. The summed E-state index contributed by atoms with van der Waals surface area (Å²) < 4.78 is 5.08. The number of nitrogens with one attached hydrogen (secondary N) is 1. The van der Waals surface area contributed by atoms with Crippen molar-refractivity contribution < 1.29 is 14.3 Å². The molecule has 0 aliphatic heterocycles. The van der Waals surface area contributed by atoms with Crippen LogP contribution in [-0.4, -0.2) is 23.5 Å². The number of ether oxygens (including phenoxy) is 1. The van der Waals surface area contributed by atoms with Crippen molar-refractivity contribution in [1.82, 2.24) is 5.32 Å². The van der Waals surface area contributed by atoms with Gasteiger partial charge in [-0.3, -0.25) is 4.79 Å². The van der Waals surface area contributed by atoms with Crippen LogP contribution in [0.1, 0.15) is 34.6 Å². The number of carbonyl (C=O) groups excluding carboxylic acids is 2.